The van der Waals surface area contributed by atoms with Gasteiger partial charge in [0.2, 0.25) is 0 Å². The van der Waals surface area contributed by atoms with Gasteiger partial charge >= 0.3 is 0 Å². The highest BCUT2D eigenvalue weighted by Gasteiger charge is 2.16. The van der Waals surface area contributed by atoms with E-state index in [1.807, 2.05) is 55.6 Å². The van der Waals surface area contributed by atoms with Crippen molar-refractivity contribution in [2.75, 3.05) is 14.1 Å². The molecule has 0 unspecified atom stereocenters. The lowest BCUT2D eigenvalue weighted by Crippen LogP contribution is -2.23. The second-order valence-electron chi connectivity index (χ2n) is 7.28. The number of benzene rings is 1. The maximum Gasteiger partial charge on any atom is 0.154 e. The van der Waals surface area contributed by atoms with Crippen LogP contribution >= 0.6 is 34.7 Å². The molecule has 0 aliphatic rings. The fourth-order valence-electron chi connectivity index (χ4n) is 3.34. The molecule has 0 radical (unpaired) electrons. The lowest BCUT2D eigenvalue weighted by Gasteiger charge is -2.19. The fourth-order valence-corrected chi connectivity index (χ4v) is 5.31. The van der Waals surface area contributed by atoms with E-state index in [2.05, 4.69) is 21.5 Å². The minimum atomic E-state index is 0.278. The summed E-state index contributed by atoms with van der Waals surface area (Å²) in [4.78, 5) is 20.7. The highest BCUT2D eigenvalue weighted by molar-refractivity contribution is 8.01. The Morgan fingerprint density at radius 2 is 2.18 bits per heavy atom. The number of aromatic nitrogens is 3. The Hall–Kier alpha value is -2.94. The van der Waals surface area contributed by atoms with E-state index in [9.17, 15) is 0 Å². The summed E-state index contributed by atoms with van der Waals surface area (Å²) in [6.07, 6.45) is 6.74. The third-order valence-corrected chi connectivity index (χ3v) is 7.03. The molecule has 0 saturated heterocycles. The largest absolute Gasteiger partial charge is 0.487 e. The summed E-state index contributed by atoms with van der Waals surface area (Å²) in [5, 5.41) is 3.44. The van der Waals surface area contributed by atoms with Crippen molar-refractivity contribution < 1.29 is 4.74 Å². The SMILES string of the molecule is C=CN=C(c1cc(C)nc2c(OCc3c(Cl)cncc3Sc3nccs3)cccc12)N(C)C. The molecule has 4 rings (SSSR count). The number of hydrogen-bond acceptors (Lipinski definition) is 7. The van der Waals surface area contributed by atoms with Crippen molar-refractivity contribution in [2.45, 2.75) is 22.8 Å². The predicted octanol–water partition coefficient (Wildman–Crippen LogP) is 6.23. The van der Waals surface area contributed by atoms with E-state index in [4.69, 9.17) is 21.3 Å². The van der Waals surface area contributed by atoms with Crippen LogP contribution in [0.5, 0.6) is 5.75 Å². The Bertz CT molecular complexity index is 1320. The average Bonchev–Trinajstić information content (AvgIpc) is 3.29. The summed E-state index contributed by atoms with van der Waals surface area (Å²) in [6.45, 7) is 6.00. The lowest BCUT2D eigenvalue weighted by molar-refractivity contribution is 0.306. The molecule has 0 fully saturated rings. The molecule has 0 saturated carbocycles. The van der Waals surface area contributed by atoms with Crippen LogP contribution in [0, 0.1) is 6.92 Å². The Morgan fingerprint density at radius 3 is 2.91 bits per heavy atom. The van der Waals surface area contributed by atoms with E-state index >= 15 is 0 Å². The number of hydrogen-bond donors (Lipinski definition) is 0. The first kappa shape index (κ1) is 23.2. The van der Waals surface area contributed by atoms with E-state index in [1.165, 1.54) is 11.8 Å². The van der Waals surface area contributed by atoms with Gasteiger partial charge in [-0.2, -0.15) is 0 Å². The third-order valence-electron chi connectivity index (χ3n) is 4.75. The molecule has 9 heteroatoms. The minimum absolute atomic E-state index is 0.278. The van der Waals surface area contributed by atoms with Crippen LogP contribution in [0.15, 0.2) is 75.2 Å². The molecule has 3 aromatic heterocycles. The van der Waals surface area contributed by atoms with Gasteiger partial charge in [-0.05, 0) is 19.1 Å². The van der Waals surface area contributed by atoms with Crippen molar-refractivity contribution >= 4 is 51.4 Å². The number of nitrogens with zero attached hydrogens (tertiary/aromatic N) is 5. The normalized spacial score (nSPS) is 11.6. The van der Waals surface area contributed by atoms with Crippen LogP contribution in [0.4, 0.5) is 0 Å². The van der Waals surface area contributed by atoms with Crippen LogP contribution < -0.4 is 4.74 Å². The standard InChI is InChI=1S/C24H22ClN5OS2/c1-5-27-23(30(3)4)17-11-15(2)29-22-16(17)7-6-8-20(22)31-14-18-19(25)12-26-13-21(18)33-24-28-9-10-32-24/h5-13H,1,14H2,2-4H3. The molecule has 33 heavy (non-hydrogen) atoms. The van der Waals surface area contributed by atoms with E-state index in [0.717, 1.165) is 42.8 Å². The Balaban J connectivity index is 1.72. The van der Waals surface area contributed by atoms with Gasteiger partial charge in [0.25, 0.3) is 0 Å². The van der Waals surface area contributed by atoms with Gasteiger partial charge < -0.3 is 9.64 Å². The maximum absolute atomic E-state index is 6.50. The zero-order valence-corrected chi connectivity index (χ0v) is 20.8. The summed E-state index contributed by atoms with van der Waals surface area (Å²) >= 11 is 9.59. The van der Waals surface area contributed by atoms with Gasteiger partial charge in [0, 0.05) is 71.4 Å². The van der Waals surface area contributed by atoms with Gasteiger partial charge in [0.05, 0.1) is 5.02 Å². The molecule has 0 spiro atoms. The summed E-state index contributed by atoms with van der Waals surface area (Å²) in [5.41, 5.74) is 3.47. The van der Waals surface area contributed by atoms with E-state index in [-0.39, 0.29) is 6.61 Å². The molecule has 6 nitrogen and oxygen atoms in total. The minimum Gasteiger partial charge on any atom is -0.487 e. The molecular formula is C24H22ClN5OS2. The summed E-state index contributed by atoms with van der Waals surface area (Å²) in [7, 11) is 3.91. The molecule has 0 bridgehead atoms. The van der Waals surface area contributed by atoms with E-state index in [0.29, 0.717) is 10.8 Å². The second-order valence-corrected chi connectivity index (χ2v) is 9.87. The van der Waals surface area contributed by atoms with E-state index in [1.54, 1.807) is 36.1 Å². The first-order chi connectivity index (χ1) is 16.0. The molecule has 0 aliphatic heterocycles. The molecule has 168 valence electrons. The van der Waals surface area contributed by atoms with Crippen LogP contribution in [0.1, 0.15) is 16.8 Å². The Kier molecular flexibility index (Phi) is 7.27. The number of pyridine rings is 2. The van der Waals surface area contributed by atoms with Gasteiger partial charge in [-0.15, -0.1) is 11.3 Å². The number of aliphatic imine (C=N–C) groups is 1. The second kappa shape index (κ2) is 10.3. The highest BCUT2D eigenvalue weighted by atomic mass is 35.5. The van der Waals surface area contributed by atoms with Crippen LogP contribution in [-0.2, 0) is 6.61 Å². The Morgan fingerprint density at radius 1 is 1.33 bits per heavy atom. The van der Waals surface area contributed by atoms with Crippen molar-refractivity contribution in [1.82, 2.24) is 19.9 Å². The van der Waals surface area contributed by atoms with Crippen molar-refractivity contribution in [2.24, 2.45) is 4.99 Å². The summed E-state index contributed by atoms with van der Waals surface area (Å²) in [6, 6.07) is 7.92. The molecule has 0 aliphatic carbocycles. The maximum atomic E-state index is 6.50. The van der Waals surface area contributed by atoms with Crippen molar-refractivity contribution in [3.8, 4) is 5.75 Å². The zero-order valence-electron chi connectivity index (χ0n) is 18.4. The molecule has 3 heterocycles. The zero-order chi connectivity index (χ0) is 23.4. The van der Waals surface area contributed by atoms with Crippen molar-refractivity contribution in [3.63, 3.8) is 0 Å². The first-order valence-corrected chi connectivity index (χ1v) is 12.1. The van der Waals surface area contributed by atoms with Gasteiger partial charge in [-0.1, -0.05) is 42.1 Å². The molecular weight excluding hydrogens is 474 g/mol. The highest BCUT2D eigenvalue weighted by Crippen LogP contribution is 2.35. The number of ether oxygens (including phenoxy) is 1. The fraction of sp³-hybridized carbons (Fsp3) is 0.167. The number of thiazole rings is 1. The van der Waals surface area contributed by atoms with Crippen LogP contribution in [0.3, 0.4) is 0 Å². The van der Waals surface area contributed by atoms with Gasteiger partial charge in [-0.25, -0.2) is 15.0 Å². The summed E-state index contributed by atoms with van der Waals surface area (Å²) in [5.74, 6) is 1.48. The molecule has 0 N–H and O–H groups in total. The number of halogens is 1. The topological polar surface area (TPSA) is 63.5 Å². The predicted molar refractivity (Wildman–Crippen MR) is 137 cm³/mol. The molecule has 0 atom stereocenters. The van der Waals surface area contributed by atoms with Gasteiger partial charge in [0.15, 0.2) is 4.34 Å². The van der Waals surface area contributed by atoms with E-state index < -0.39 is 0 Å². The summed E-state index contributed by atoms with van der Waals surface area (Å²) < 4.78 is 7.20. The van der Waals surface area contributed by atoms with Gasteiger partial charge in [-0.3, -0.25) is 4.98 Å². The van der Waals surface area contributed by atoms with Crippen molar-refractivity contribution in [1.29, 1.82) is 0 Å². The van der Waals surface area contributed by atoms with Crippen LogP contribution in [0.25, 0.3) is 10.9 Å². The van der Waals surface area contributed by atoms with Crippen LogP contribution in [-0.4, -0.2) is 39.8 Å². The first-order valence-electron chi connectivity index (χ1n) is 10.1. The monoisotopic (exact) mass is 495 g/mol. The Labute approximate surface area is 206 Å². The number of para-hydroxylation sites is 1. The number of rotatable bonds is 7. The van der Waals surface area contributed by atoms with Crippen molar-refractivity contribution in [3.05, 3.63) is 82.9 Å². The molecule has 0 amide bonds. The lowest BCUT2D eigenvalue weighted by atomic mass is 10.1. The molecule has 1 aromatic carbocycles. The average molecular weight is 496 g/mol. The van der Waals surface area contributed by atoms with Gasteiger partial charge in [0.1, 0.15) is 23.7 Å². The number of fused-ring (bicyclic) bond motifs is 1. The third kappa shape index (κ3) is 5.19. The quantitative estimate of drug-likeness (QED) is 0.224. The number of aryl methyl sites for hydroxylation is 1. The smallest absolute Gasteiger partial charge is 0.154 e. The van der Waals surface area contributed by atoms with Crippen LogP contribution in [0.2, 0.25) is 5.02 Å². The number of amidine groups is 1. The molecule has 4 aromatic rings.